The predicted molar refractivity (Wildman–Crippen MR) is 200 cm³/mol. The second-order valence-corrected chi connectivity index (χ2v) is 13.1. The third-order valence-electron chi connectivity index (χ3n) is 7.65. The van der Waals surface area contributed by atoms with Gasteiger partial charge in [0.2, 0.25) is 5.91 Å². The Balaban J connectivity index is 1.44. The molecule has 1 saturated heterocycles. The first-order valence-electron chi connectivity index (χ1n) is 16.0. The van der Waals surface area contributed by atoms with Crippen LogP contribution in [-0.4, -0.2) is 99.0 Å². The Morgan fingerprint density at radius 3 is 2.24 bits per heavy atom. The Labute approximate surface area is 307 Å². The number of carbonyl (C=O) groups excluding carboxylic acids is 3. The molecule has 15 nitrogen and oxygen atoms in total. The minimum Gasteiger partial charge on any atom is -0.495 e. The summed E-state index contributed by atoms with van der Waals surface area (Å²) in [6.45, 7) is 13.3. The first-order chi connectivity index (χ1) is 24.2. The Morgan fingerprint density at radius 1 is 0.961 bits per heavy atom. The van der Waals surface area contributed by atoms with Crippen LogP contribution >= 0.6 is 23.2 Å². The van der Waals surface area contributed by atoms with E-state index < -0.39 is 17.7 Å². The van der Waals surface area contributed by atoms with E-state index >= 15 is 0 Å². The molecule has 1 aliphatic heterocycles. The van der Waals surface area contributed by atoms with E-state index in [2.05, 4.69) is 47.6 Å². The number of urea groups is 1. The summed E-state index contributed by atoms with van der Waals surface area (Å²) in [4.78, 5) is 51.9. The number of amides is 4. The molecular formula is C34H43Cl2N9O6. The summed E-state index contributed by atoms with van der Waals surface area (Å²) in [5, 5.41) is 11.8. The molecule has 17 heteroatoms. The molecule has 274 valence electrons. The van der Waals surface area contributed by atoms with Crippen molar-refractivity contribution in [3.05, 3.63) is 59.4 Å². The number of alkyl carbamates (subject to hydrolysis) is 1. The van der Waals surface area contributed by atoms with Crippen molar-refractivity contribution in [2.75, 3.05) is 86.3 Å². The Bertz CT molecular complexity index is 1720. The first-order valence-corrected chi connectivity index (χ1v) is 16.7. The summed E-state index contributed by atoms with van der Waals surface area (Å²) in [5.74, 6) is 0.751. The van der Waals surface area contributed by atoms with Crippen molar-refractivity contribution in [3.8, 4) is 11.5 Å². The molecule has 0 saturated carbocycles. The highest BCUT2D eigenvalue weighted by atomic mass is 35.5. The lowest BCUT2D eigenvalue weighted by atomic mass is 10.2. The molecule has 51 heavy (non-hydrogen) atoms. The van der Waals surface area contributed by atoms with Gasteiger partial charge in [-0.2, -0.15) is 0 Å². The van der Waals surface area contributed by atoms with Crippen LogP contribution in [0.3, 0.4) is 0 Å². The zero-order valence-electron chi connectivity index (χ0n) is 29.4. The summed E-state index contributed by atoms with van der Waals surface area (Å²) in [5.41, 5.74) is 1.54. The average molecular weight is 745 g/mol. The van der Waals surface area contributed by atoms with Crippen LogP contribution in [0.25, 0.3) is 0 Å². The summed E-state index contributed by atoms with van der Waals surface area (Å²) in [6.07, 6.45) is 2.06. The number of ether oxygens (including phenoxy) is 3. The Hall–Kier alpha value is -4.99. The lowest BCUT2D eigenvalue weighted by Crippen LogP contribution is -2.48. The third kappa shape index (κ3) is 10.5. The number of hydrogen-bond donors (Lipinski definition) is 4. The van der Waals surface area contributed by atoms with E-state index in [1.54, 1.807) is 6.07 Å². The molecule has 2 aromatic carbocycles. The lowest BCUT2D eigenvalue weighted by Gasteiger charge is -2.36. The number of aromatic nitrogens is 2. The maximum atomic E-state index is 13.3. The highest BCUT2D eigenvalue weighted by molar-refractivity contribution is 6.41. The van der Waals surface area contributed by atoms with E-state index in [1.165, 1.54) is 44.6 Å². The van der Waals surface area contributed by atoms with Gasteiger partial charge in [0.05, 0.1) is 31.3 Å². The molecule has 3 aromatic rings. The quantitative estimate of drug-likeness (QED) is 0.161. The lowest BCUT2D eigenvalue weighted by molar-refractivity contribution is -0.111. The molecule has 4 amide bonds. The van der Waals surface area contributed by atoms with E-state index in [-0.39, 0.29) is 39.0 Å². The van der Waals surface area contributed by atoms with Crippen molar-refractivity contribution < 1.29 is 28.6 Å². The number of carbonyl (C=O) groups is 3. The summed E-state index contributed by atoms with van der Waals surface area (Å²) < 4.78 is 15.9. The largest absolute Gasteiger partial charge is 0.495 e. The van der Waals surface area contributed by atoms with E-state index in [9.17, 15) is 14.4 Å². The number of piperazine rings is 1. The first kappa shape index (κ1) is 38.8. The van der Waals surface area contributed by atoms with E-state index in [1.807, 2.05) is 39.0 Å². The van der Waals surface area contributed by atoms with Gasteiger partial charge >= 0.3 is 12.1 Å². The smallest absolute Gasteiger partial charge is 0.407 e. The number of benzene rings is 2. The fraction of sp³-hybridized carbons (Fsp3) is 0.382. The van der Waals surface area contributed by atoms with Crippen LogP contribution in [-0.2, 0) is 9.53 Å². The zero-order chi connectivity index (χ0) is 37.3. The van der Waals surface area contributed by atoms with Crippen molar-refractivity contribution in [1.82, 2.24) is 20.2 Å². The number of nitrogens with zero attached hydrogens (tertiary/aromatic N) is 5. The molecule has 0 unspecified atom stereocenters. The molecular weight excluding hydrogens is 701 g/mol. The number of hydrogen-bond acceptors (Lipinski definition) is 11. The van der Waals surface area contributed by atoms with Gasteiger partial charge in [-0.3, -0.25) is 14.6 Å². The van der Waals surface area contributed by atoms with Crippen LogP contribution < -0.4 is 40.5 Å². The zero-order valence-corrected chi connectivity index (χ0v) is 30.9. The van der Waals surface area contributed by atoms with Gasteiger partial charge in [-0.1, -0.05) is 29.8 Å². The van der Waals surface area contributed by atoms with E-state index in [4.69, 9.17) is 37.4 Å². The molecule has 4 rings (SSSR count). The SMILES string of the molecule is C=CC(=O)Nc1cc(N2CCN(CCNC(=O)OC(C)(C)C)CC2)ccc1Nc1cc(N(C)C(=O)Nc2c(Cl)c(OC)cc(OC)c2Cl)ncn1. The number of rotatable bonds is 12. The maximum Gasteiger partial charge on any atom is 0.407 e. The minimum atomic E-state index is -0.596. The molecule has 2 heterocycles. The van der Waals surface area contributed by atoms with Gasteiger partial charge in [-0.15, -0.1) is 0 Å². The van der Waals surface area contributed by atoms with Crippen molar-refractivity contribution >= 4 is 75.6 Å². The summed E-state index contributed by atoms with van der Waals surface area (Å²) >= 11 is 12.9. The summed E-state index contributed by atoms with van der Waals surface area (Å²) in [6, 6.07) is 8.15. The van der Waals surface area contributed by atoms with Crippen molar-refractivity contribution in [3.63, 3.8) is 0 Å². The van der Waals surface area contributed by atoms with Gasteiger partial charge in [0, 0.05) is 64.1 Å². The highest BCUT2D eigenvalue weighted by Gasteiger charge is 2.23. The molecule has 0 spiro atoms. The molecule has 0 radical (unpaired) electrons. The van der Waals surface area contributed by atoms with Gasteiger partial charge in [0.25, 0.3) is 0 Å². The van der Waals surface area contributed by atoms with Crippen LogP contribution in [0.15, 0.2) is 49.3 Å². The third-order valence-corrected chi connectivity index (χ3v) is 8.40. The molecule has 0 atom stereocenters. The fourth-order valence-electron chi connectivity index (χ4n) is 5.01. The molecule has 0 aliphatic carbocycles. The van der Waals surface area contributed by atoms with Crippen molar-refractivity contribution in [2.24, 2.45) is 0 Å². The van der Waals surface area contributed by atoms with E-state index in [0.29, 0.717) is 30.3 Å². The predicted octanol–water partition coefficient (Wildman–Crippen LogP) is 5.98. The van der Waals surface area contributed by atoms with Crippen molar-refractivity contribution in [1.29, 1.82) is 0 Å². The van der Waals surface area contributed by atoms with Crippen LogP contribution in [0.5, 0.6) is 11.5 Å². The number of nitrogens with one attached hydrogen (secondary N) is 4. The molecule has 1 aliphatic rings. The topological polar surface area (TPSA) is 163 Å². The van der Waals surface area contributed by atoms with Crippen LogP contribution in [0.4, 0.5) is 44.0 Å². The van der Waals surface area contributed by atoms with E-state index in [0.717, 1.165) is 31.9 Å². The molecule has 0 bridgehead atoms. The number of halogens is 2. The Morgan fingerprint density at radius 2 is 1.63 bits per heavy atom. The van der Waals surface area contributed by atoms with Gasteiger partial charge in [-0.25, -0.2) is 19.6 Å². The standard InChI is InChI=1S/C34H43Cl2N9O6/c1-8-28(46)41-23-17-21(45-15-13-44(14-16-45)12-11-37-33(48)51-34(2,3)4)9-10-22(23)40-26-19-27(39-20-38-26)43(5)32(47)42-31-29(35)24(49-6)18-25(50-7)30(31)36/h8-10,17-20H,1,11-16H2,2-7H3,(H,37,48)(H,41,46)(H,42,47)(H,38,39,40). The van der Waals surface area contributed by atoms with Crippen LogP contribution in [0.1, 0.15) is 20.8 Å². The molecule has 1 fully saturated rings. The molecule has 1 aromatic heterocycles. The number of anilines is 6. The maximum absolute atomic E-state index is 13.3. The minimum absolute atomic E-state index is 0.0992. The van der Waals surface area contributed by atoms with Gasteiger partial charge < -0.3 is 40.4 Å². The molecule has 4 N–H and O–H groups in total. The second kappa shape index (κ2) is 17.3. The average Bonchev–Trinajstić information content (AvgIpc) is 3.10. The second-order valence-electron chi connectivity index (χ2n) is 12.3. The normalized spacial score (nSPS) is 13.1. The summed E-state index contributed by atoms with van der Waals surface area (Å²) in [7, 11) is 4.38. The van der Waals surface area contributed by atoms with Crippen molar-refractivity contribution in [2.45, 2.75) is 26.4 Å². The van der Waals surface area contributed by atoms with Gasteiger partial charge in [0.1, 0.15) is 45.1 Å². The number of methoxy groups -OCH3 is 2. The highest BCUT2D eigenvalue weighted by Crippen LogP contribution is 2.44. The van der Waals surface area contributed by atoms with Gasteiger partial charge in [-0.05, 0) is 45.0 Å². The van der Waals surface area contributed by atoms with Crippen LogP contribution in [0.2, 0.25) is 10.0 Å². The monoisotopic (exact) mass is 743 g/mol. The van der Waals surface area contributed by atoms with Crippen LogP contribution in [0, 0.1) is 0 Å². The Kier molecular flexibility index (Phi) is 13.2. The van der Waals surface area contributed by atoms with Gasteiger partial charge in [0.15, 0.2) is 0 Å². The fourth-order valence-corrected chi connectivity index (χ4v) is 5.61.